The third-order valence-electron chi connectivity index (χ3n) is 3.65. The minimum atomic E-state index is -4.66. The molecular formula is C17H12BrF2NO4S. The predicted octanol–water partition coefficient (Wildman–Crippen LogP) is 3.86. The van der Waals surface area contributed by atoms with Gasteiger partial charge in [-0.05, 0) is 48.5 Å². The van der Waals surface area contributed by atoms with Crippen molar-refractivity contribution >= 4 is 43.4 Å². The highest BCUT2D eigenvalue weighted by Gasteiger charge is 2.26. The number of hydrogen-bond acceptors (Lipinski definition) is 4. The van der Waals surface area contributed by atoms with Crippen molar-refractivity contribution in [3.63, 3.8) is 0 Å². The van der Waals surface area contributed by atoms with Crippen LogP contribution in [0.25, 0.3) is 6.08 Å². The Morgan fingerprint density at radius 2 is 1.85 bits per heavy atom. The molecule has 1 N–H and O–H groups in total. The third-order valence-corrected chi connectivity index (χ3v) is 5.54. The highest BCUT2D eigenvalue weighted by Crippen LogP contribution is 2.29. The number of rotatable bonds is 4. The molecule has 0 fully saturated rings. The Labute approximate surface area is 156 Å². The number of benzene rings is 2. The van der Waals surface area contributed by atoms with E-state index in [0.717, 1.165) is 22.2 Å². The van der Waals surface area contributed by atoms with E-state index in [1.165, 1.54) is 12.1 Å². The van der Waals surface area contributed by atoms with Gasteiger partial charge in [-0.3, -0.25) is 4.79 Å². The zero-order chi connectivity index (χ0) is 18.9. The number of amides is 1. The van der Waals surface area contributed by atoms with Crippen molar-refractivity contribution < 1.29 is 26.7 Å². The summed E-state index contributed by atoms with van der Waals surface area (Å²) in [5, 5.41) is 2.58. The van der Waals surface area contributed by atoms with Gasteiger partial charge in [-0.2, -0.15) is 8.78 Å². The summed E-state index contributed by atoms with van der Waals surface area (Å²) < 4.78 is 54.2. The van der Waals surface area contributed by atoms with Crippen molar-refractivity contribution in [3.05, 3.63) is 58.1 Å². The van der Waals surface area contributed by atoms with Crippen LogP contribution in [0.2, 0.25) is 0 Å². The largest absolute Gasteiger partial charge is 0.488 e. The van der Waals surface area contributed by atoms with E-state index >= 15 is 0 Å². The number of anilines is 1. The van der Waals surface area contributed by atoms with Crippen molar-refractivity contribution in [2.75, 3.05) is 11.9 Å². The Bertz CT molecular complexity index is 988. The molecule has 1 amide bonds. The quantitative estimate of drug-likeness (QED) is 0.778. The average Bonchev–Trinajstić information content (AvgIpc) is 2.61. The molecule has 26 heavy (non-hydrogen) atoms. The van der Waals surface area contributed by atoms with Crippen LogP contribution in [0.5, 0.6) is 5.75 Å². The van der Waals surface area contributed by atoms with Crippen molar-refractivity contribution in [1.82, 2.24) is 0 Å². The second-order valence-electron chi connectivity index (χ2n) is 5.42. The molecule has 0 saturated heterocycles. The summed E-state index contributed by atoms with van der Waals surface area (Å²) in [6.07, 6.45) is 1.69. The normalized spacial score (nSPS) is 13.6. The number of hydrogen-bond donors (Lipinski definition) is 1. The molecule has 0 aliphatic carbocycles. The van der Waals surface area contributed by atoms with Crippen LogP contribution in [0.4, 0.5) is 14.5 Å². The van der Waals surface area contributed by atoms with Crippen molar-refractivity contribution in [3.8, 4) is 5.75 Å². The maximum atomic E-state index is 12.5. The Morgan fingerprint density at radius 3 is 2.50 bits per heavy atom. The molecule has 1 aliphatic heterocycles. The van der Waals surface area contributed by atoms with Gasteiger partial charge in [-0.1, -0.05) is 15.9 Å². The van der Waals surface area contributed by atoms with Crippen LogP contribution in [-0.2, 0) is 14.6 Å². The van der Waals surface area contributed by atoms with E-state index in [0.29, 0.717) is 11.3 Å². The summed E-state index contributed by atoms with van der Waals surface area (Å²) in [5.74, 6) is -3.27. The first-order chi connectivity index (χ1) is 12.3. The Balaban J connectivity index is 1.77. The zero-order valence-corrected chi connectivity index (χ0v) is 15.5. The molecule has 3 rings (SSSR count). The molecule has 0 spiro atoms. The summed E-state index contributed by atoms with van der Waals surface area (Å²) in [4.78, 5) is 11.8. The lowest BCUT2D eigenvalue weighted by molar-refractivity contribution is -0.113. The van der Waals surface area contributed by atoms with E-state index < -0.39 is 26.4 Å². The standard InChI is InChI=1S/C17H12BrF2NO4S/c18-12-1-6-15-10(8-12)7-11(9-25-15)16(22)21-13-2-4-14(5-3-13)26(23,24)17(19)20/h1-8,17H,9H2,(H,21,22). The van der Waals surface area contributed by atoms with Crippen LogP contribution in [0.1, 0.15) is 5.56 Å². The van der Waals surface area contributed by atoms with Gasteiger partial charge in [0.25, 0.3) is 5.91 Å². The minimum absolute atomic E-state index is 0.0817. The second kappa shape index (κ2) is 7.16. The first kappa shape index (κ1) is 18.5. The number of carbonyl (C=O) groups is 1. The molecule has 2 aromatic rings. The van der Waals surface area contributed by atoms with E-state index in [1.54, 1.807) is 12.1 Å². The molecular weight excluding hydrogens is 432 g/mol. The fourth-order valence-electron chi connectivity index (χ4n) is 2.32. The highest BCUT2D eigenvalue weighted by molar-refractivity contribution is 9.10. The van der Waals surface area contributed by atoms with Gasteiger partial charge in [-0.25, -0.2) is 8.42 Å². The molecule has 0 saturated carbocycles. The SMILES string of the molecule is O=C(Nc1ccc(S(=O)(=O)C(F)F)cc1)C1=Cc2cc(Br)ccc2OC1. The number of nitrogens with one attached hydrogen (secondary N) is 1. The first-order valence-electron chi connectivity index (χ1n) is 7.34. The van der Waals surface area contributed by atoms with Crippen LogP contribution in [0, 0.1) is 0 Å². The molecule has 1 heterocycles. The smallest absolute Gasteiger partial charge is 0.341 e. The van der Waals surface area contributed by atoms with E-state index in [2.05, 4.69) is 21.2 Å². The maximum absolute atomic E-state index is 12.5. The van der Waals surface area contributed by atoms with Gasteiger partial charge >= 0.3 is 5.76 Å². The summed E-state index contributed by atoms with van der Waals surface area (Å²) in [6, 6.07) is 9.97. The Hall–Kier alpha value is -2.26. The highest BCUT2D eigenvalue weighted by atomic mass is 79.9. The predicted molar refractivity (Wildman–Crippen MR) is 95.9 cm³/mol. The van der Waals surface area contributed by atoms with Gasteiger partial charge in [0.15, 0.2) is 0 Å². The molecule has 5 nitrogen and oxygen atoms in total. The zero-order valence-electron chi connectivity index (χ0n) is 13.1. The summed E-state index contributed by atoms with van der Waals surface area (Å²) in [7, 11) is -4.66. The van der Waals surface area contributed by atoms with Gasteiger partial charge in [0.2, 0.25) is 9.84 Å². The second-order valence-corrected chi connectivity index (χ2v) is 8.26. The Morgan fingerprint density at radius 1 is 1.15 bits per heavy atom. The molecule has 0 bridgehead atoms. The third kappa shape index (κ3) is 3.78. The molecule has 9 heteroatoms. The molecule has 2 aromatic carbocycles. The minimum Gasteiger partial charge on any atom is -0.488 e. The number of carbonyl (C=O) groups excluding carboxylic acids is 1. The van der Waals surface area contributed by atoms with E-state index in [4.69, 9.17) is 4.74 Å². The van der Waals surface area contributed by atoms with E-state index in [-0.39, 0.29) is 12.3 Å². The summed E-state index contributed by atoms with van der Waals surface area (Å²) in [6.45, 7) is 0.0817. The summed E-state index contributed by atoms with van der Waals surface area (Å²) in [5.41, 5.74) is 1.40. The number of ether oxygens (including phenoxy) is 1. The van der Waals surface area contributed by atoms with Crippen LogP contribution in [-0.4, -0.2) is 26.7 Å². The fraction of sp³-hybridized carbons (Fsp3) is 0.118. The van der Waals surface area contributed by atoms with Gasteiger partial charge in [0.05, 0.1) is 10.5 Å². The molecule has 0 aromatic heterocycles. The van der Waals surface area contributed by atoms with E-state index in [1.807, 2.05) is 12.1 Å². The molecule has 1 aliphatic rings. The molecule has 0 unspecified atom stereocenters. The summed E-state index contributed by atoms with van der Waals surface area (Å²) >= 11 is 3.35. The maximum Gasteiger partial charge on any atom is 0.341 e. The average molecular weight is 444 g/mol. The fourth-order valence-corrected chi connectivity index (χ4v) is 3.42. The number of halogens is 3. The number of alkyl halides is 2. The lowest BCUT2D eigenvalue weighted by atomic mass is 10.1. The number of fused-ring (bicyclic) bond motifs is 1. The monoisotopic (exact) mass is 443 g/mol. The van der Waals surface area contributed by atoms with Gasteiger partial charge < -0.3 is 10.1 Å². The molecule has 136 valence electrons. The molecule has 0 atom stereocenters. The molecule has 0 radical (unpaired) electrons. The van der Waals surface area contributed by atoms with Crippen molar-refractivity contribution in [1.29, 1.82) is 0 Å². The van der Waals surface area contributed by atoms with Crippen LogP contribution >= 0.6 is 15.9 Å². The van der Waals surface area contributed by atoms with Crippen molar-refractivity contribution in [2.45, 2.75) is 10.7 Å². The Kier molecular flexibility index (Phi) is 5.10. The lowest BCUT2D eigenvalue weighted by Gasteiger charge is -2.18. The van der Waals surface area contributed by atoms with Crippen LogP contribution in [0.3, 0.4) is 0 Å². The lowest BCUT2D eigenvalue weighted by Crippen LogP contribution is -2.21. The van der Waals surface area contributed by atoms with Gasteiger partial charge in [-0.15, -0.1) is 0 Å². The number of sulfone groups is 1. The van der Waals surface area contributed by atoms with Crippen LogP contribution < -0.4 is 10.1 Å². The van der Waals surface area contributed by atoms with Gasteiger partial charge in [0.1, 0.15) is 12.4 Å². The van der Waals surface area contributed by atoms with Crippen molar-refractivity contribution in [2.24, 2.45) is 0 Å². The van der Waals surface area contributed by atoms with Gasteiger partial charge in [0, 0.05) is 15.7 Å². The first-order valence-corrected chi connectivity index (χ1v) is 9.68. The topological polar surface area (TPSA) is 72.5 Å². The van der Waals surface area contributed by atoms with Crippen LogP contribution in [0.15, 0.2) is 57.4 Å². The van der Waals surface area contributed by atoms with E-state index in [9.17, 15) is 22.0 Å².